The Hall–Kier alpha value is -2.67. The first-order valence-electron chi connectivity index (χ1n) is 11.4. The molecule has 3 aliphatic rings. The van der Waals surface area contributed by atoms with Gasteiger partial charge < -0.3 is 15.1 Å². The molecule has 1 spiro atoms. The molecule has 5 rings (SSSR count). The molecule has 7 heteroatoms. The van der Waals surface area contributed by atoms with Crippen LogP contribution in [0.25, 0.3) is 0 Å². The van der Waals surface area contributed by atoms with Crippen LogP contribution in [0, 0.1) is 5.41 Å². The number of benzene rings is 1. The molecule has 1 aromatic heterocycles. The largest absolute Gasteiger partial charge is 0.338 e. The average Bonchev–Trinajstić information content (AvgIpc) is 3.20. The van der Waals surface area contributed by atoms with E-state index < -0.39 is 0 Å². The summed E-state index contributed by atoms with van der Waals surface area (Å²) in [5, 5.41) is 3.22. The Morgan fingerprint density at radius 3 is 2.25 bits per heavy atom. The molecule has 0 unspecified atom stereocenters. The topological polar surface area (TPSA) is 69.7 Å². The fraction of sp³-hybridized carbons (Fsp3) is 0.480. The first kappa shape index (κ1) is 21.2. The normalized spacial score (nSPS) is 23.9. The minimum absolute atomic E-state index is 0.00254. The number of hydrogen-bond acceptors (Lipinski definition) is 4. The second-order valence-electron chi connectivity index (χ2n) is 9.49. The Labute approximate surface area is 192 Å². The van der Waals surface area contributed by atoms with Crippen molar-refractivity contribution >= 4 is 29.1 Å². The molecule has 1 saturated carbocycles. The number of likely N-dealkylation sites (tertiary alicyclic amines) is 2. The summed E-state index contributed by atoms with van der Waals surface area (Å²) >= 11 is 1.28. The molecule has 0 radical (unpaired) electrons. The number of rotatable bonds is 4. The summed E-state index contributed by atoms with van der Waals surface area (Å²) in [4.78, 5) is 42.3. The summed E-state index contributed by atoms with van der Waals surface area (Å²) in [6, 6.07) is 14.2. The molecule has 3 heterocycles. The standard InChI is InChI=1S/C25H29N3O3S/c1-17(29)21-7-8-22(32-21)23(30)27-12-9-25(10-13-27)11-14-28(16-25)24(31)26-20-15-19(20)18-5-3-2-4-6-18/h2-8,19-20H,9-16H2,1H3,(H,26,31)/t19-,20+/m0/s1. The zero-order chi connectivity index (χ0) is 22.3. The first-order valence-corrected chi connectivity index (χ1v) is 12.3. The monoisotopic (exact) mass is 451 g/mol. The third-order valence-electron chi connectivity index (χ3n) is 7.33. The zero-order valence-electron chi connectivity index (χ0n) is 18.4. The van der Waals surface area contributed by atoms with Crippen LogP contribution in [-0.2, 0) is 0 Å². The maximum atomic E-state index is 12.8. The minimum atomic E-state index is -0.00254. The second-order valence-corrected chi connectivity index (χ2v) is 10.6. The average molecular weight is 452 g/mol. The lowest BCUT2D eigenvalue weighted by atomic mass is 9.78. The van der Waals surface area contributed by atoms with Gasteiger partial charge in [0, 0.05) is 38.1 Å². The number of carbonyl (C=O) groups is 3. The molecule has 0 bridgehead atoms. The van der Waals surface area contributed by atoms with E-state index in [1.807, 2.05) is 15.9 Å². The molecule has 1 aliphatic carbocycles. The van der Waals surface area contributed by atoms with Gasteiger partial charge in [-0.15, -0.1) is 11.3 Å². The molecule has 168 valence electrons. The number of amides is 3. The van der Waals surface area contributed by atoms with Crippen LogP contribution >= 0.6 is 11.3 Å². The lowest BCUT2D eigenvalue weighted by Crippen LogP contribution is -2.46. The molecular formula is C25H29N3O3S. The zero-order valence-corrected chi connectivity index (χ0v) is 19.2. The summed E-state index contributed by atoms with van der Waals surface area (Å²) in [6.45, 7) is 4.50. The van der Waals surface area contributed by atoms with Crippen LogP contribution in [0.3, 0.4) is 0 Å². The molecule has 32 heavy (non-hydrogen) atoms. The molecule has 3 amide bonds. The van der Waals surface area contributed by atoms with Gasteiger partial charge in [-0.05, 0) is 55.7 Å². The Morgan fingerprint density at radius 1 is 0.938 bits per heavy atom. The quantitative estimate of drug-likeness (QED) is 0.710. The van der Waals surface area contributed by atoms with Crippen molar-refractivity contribution in [3.63, 3.8) is 0 Å². The number of carbonyl (C=O) groups excluding carboxylic acids is 3. The van der Waals surface area contributed by atoms with Gasteiger partial charge in [0.15, 0.2) is 5.78 Å². The third kappa shape index (κ3) is 4.18. The highest BCUT2D eigenvalue weighted by Crippen LogP contribution is 2.43. The van der Waals surface area contributed by atoms with Crippen LogP contribution in [0.5, 0.6) is 0 Å². The van der Waals surface area contributed by atoms with Gasteiger partial charge in [0.05, 0.1) is 9.75 Å². The predicted octanol–water partition coefficient (Wildman–Crippen LogP) is 4.14. The summed E-state index contributed by atoms with van der Waals surface area (Å²) in [7, 11) is 0. The maximum Gasteiger partial charge on any atom is 0.317 e. The van der Waals surface area contributed by atoms with E-state index in [0.29, 0.717) is 28.8 Å². The van der Waals surface area contributed by atoms with E-state index in [0.717, 1.165) is 38.8 Å². The van der Waals surface area contributed by atoms with E-state index in [2.05, 4.69) is 29.6 Å². The Balaban J connectivity index is 1.12. The van der Waals surface area contributed by atoms with Crippen molar-refractivity contribution < 1.29 is 14.4 Å². The second kappa shape index (κ2) is 8.35. The van der Waals surface area contributed by atoms with E-state index >= 15 is 0 Å². The van der Waals surface area contributed by atoms with Crippen molar-refractivity contribution in [3.8, 4) is 0 Å². The molecule has 2 aromatic rings. The van der Waals surface area contributed by atoms with Crippen LogP contribution in [0.4, 0.5) is 4.79 Å². The van der Waals surface area contributed by atoms with E-state index in [9.17, 15) is 14.4 Å². The molecule has 2 saturated heterocycles. The smallest absolute Gasteiger partial charge is 0.317 e. The number of Topliss-reactive ketones (excluding diaryl/α,β-unsaturated/α-hetero) is 1. The Morgan fingerprint density at radius 2 is 1.59 bits per heavy atom. The van der Waals surface area contributed by atoms with Gasteiger partial charge in [-0.3, -0.25) is 9.59 Å². The van der Waals surface area contributed by atoms with Crippen molar-refractivity contribution in [2.24, 2.45) is 5.41 Å². The maximum absolute atomic E-state index is 12.8. The highest BCUT2D eigenvalue weighted by Gasteiger charge is 2.45. The molecule has 6 nitrogen and oxygen atoms in total. The number of nitrogens with zero attached hydrogens (tertiary/aromatic N) is 2. The lowest BCUT2D eigenvalue weighted by molar-refractivity contribution is 0.0598. The number of piperidine rings is 1. The number of ketones is 1. The van der Waals surface area contributed by atoms with Crippen molar-refractivity contribution in [1.82, 2.24) is 15.1 Å². The van der Waals surface area contributed by atoms with Crippen molar-refractivity contribution in [2.75, 3.05) is 26.2 Å². The summed E-state index contributed by atoms with van der Waals surface area (Å²) < 4.78 is 0. The van der Waals surface area contributed by atoms with Crippen molar-refractivity contribution in [1.29, 1.82) is 0 Å². The predicted molar refractivity (Wildman–Crippen MR) is 124 cm³/mol. The minimum Gasteiger partial charge on any atom is -0.338 e. The summed E-state index contributed by atoms with van der Waals surface area (Å²) in [5.41, 5.74) is 1.42. The fourth-order valence-corrected chi connectivity index (χ4v) is 6.04. The van der Waals surface area contributed by atoms with Crippen molar-refractivity contribution in [3.05, 3.63) is 57.8 Å². The molecular weight excluding hydrogens is 422 g/mol. The van der Waals surface area contributed by atoms with E-state index in [1.54, 1.807) is 12.1 Å². The van der Waals surface area contributed by atoms with Gasteiger partial charge in [-0.2, -0.15) is 0 Å². The van der Waals surface area contributed by atoms with Crippen LogP contribution in [0.1, 0.15) is 63.4 Å². The van der Waals surface area contributed by atoms with Crippen LogP contribution in [0.15, 0.2) is 42.5 Å². The van der Waals surface area contributed by atoms with Crippen LogP contribution in [-0.4, -0.2) is 59.7 Å². The summed E-state index contributed by atoms with van der Waals surface area (Å²) in [5.74, 6) is 0.453. The van der Waals surface area contributed by atoms with Gasteiger partial charge >= 0.3 is 6.03 Å². The molecule has 1 aromatic carbocycles. The highest BCUT2D eigenvalue weighted by atomic mass is 32.1. The van der Waals surface area contributed by atoms with E-state index in [4.69, 9.17) is 0 Å². The Kier molecular flexibility index (Phi) is 5.53. The van der Waals surface area contributed by atoms with Crippen molar-refractivity contribution in [2.45, 2.75) is 44.6 Å². The molecule has 3 fully saturated rings. The highest BCUT2D eigenvalue weighted by molar-refractivity contribution is 7.15. The number of urea groups is 1. The van der Waals surface area contributed by atoms with Gasteiger partial charge in [0.25, 0.3) is 5.91 Å². The lowest BCUT2D eigenvalue weighted by Gasteiger charge is -2.39. The van der Waals surface area contributed by atoms with Crippen LogP contribution in [0.2, 0.25) is 0 Å². The van der Waals surface area contributed by atoms with Crippen LogP contribution < -0.4 is 5.32 Å². The third-order valence-corrected chi connectivity index (χ3v) is 8.50. The number of thiophene rings is 1. The first-order chi connectivity index (χ1) is 15.4. The van der Waals surface area contributed by atoms with E-state index in [-0.39, 0.29) is 29.2 Å². The molecule has 2 atom stereocenters. The SMILES string of the molecule is CC(=O)c1ccc(C(=O)N2CCC3(CCN(C(=O)N[C@@H]4C[C@H]4c4ccccc4)C3)CC2)s1. The Bertz CT molecular complexity index is 1030. The van der Waals surface area contributed by atoms with Gasteiger partial charge in [0.2, 0.25) is 0 Å². The number of nitrogens with one attached hydrogen (secondary N) is 1. The van der Waals surface area contributed by atoms with Gasteiger partial charge in [0.1, 0.15) is 0 Å². The number of hydrogen-bond donors (Lipinski definition) is 1. The molecule has 1 N–H and O–H groups in total. The molecule has 2 aliphatic heterocycles. The van der Waals surface area contributed by atoms with Gasteiger partial charge in [-0.1, -0.05) is 30.3 Å². The van der Waals surface area contributed by atoms with Gasteiger partial charge in [-0.25, -0.2) is 4.79 Å². The fourth-order valence-electron chi connectivity index (χ4n) is 5.17. The van der Waals surface area contributed by atoms with E-state index in [1.165, 1.54) is 23.8 Å². The summed E-state index contributed by atoms with van der Waals surface area (Å²) in [6.07, 6.45) is 3.86.